The second-order valence-electron chi connectivity index (χ2n) is 4.39. The number of ether oxygens (including phenoxy) is 1. The molecule has 19 heavy (non-hydrogen) atoms. The van der Waals surface area contributed by atoms with Crippen LogP contribution in [-0.2, 0) is 0 Å². The lowest BCUT2D eigenvalue weighted by atomic mass is 10.1. The van der Waals surface area contributed by atoms with Gasteiger partial charge in [0, 0.05) is 5.56 Å². The minimum absolute atomic E-state index is 0.0364. The van der Waals surface area contributed by atoms with Crippen molar-refractivity contribution in [3.05, 3.63) is 59.7 Å². The fourth-order valence-corrected chi connectivity index (χ4v) is 1.64. The molecule has 4 heteroatoms. The molecule has 0 aliphatic heterocycles. The molecule has 0 saturated heterocycles. The van der Waals surface area contributed by atoms with Crippen LogP contribution in [0.3, 0.4) is 0 Å². The Labute approximate surface area is 111 Å². The van der Waals surface area contributed by atoms with Crippen LogP contribution in [0.5, 0.6) is 5.75 Å². The average Bonchev–Trinajstić information content (AvgIpc) is 2.38. The van der Waals surface area contributed by atoms with E-state index in [9.17, 15) is 9.18 Å². The highest BCUT2D eigenvalue weighted by Crippen LogP contribution is 2.17. The van der Waals surface area contributed by atoms with Gasteiger partial charge in [-0.15, -0.1) is 0 Å². The number of aromatic nitrogens is 1. The standard InChI is InChI=1S/C15H14FNO2/c1-10(2)19-13-5-3-4-11(8-13)15(18)14-7-6-12(16)9-17-14/h3-10H,1-2H3. The SMILES string of the molecule is CC(C)Oc1cccc(C(=O)c2ccc(F)cn2)c1. The van der Waals surface area contributed by atoms with Crippen molar-refractivity contribution in [1.29, 1.82) is 0 Å². The van der Waals surface area contributed by atoms with Crippen LogP contribution in [0.4, 0.5) is 4.39 Å². The number of carbonyl (C=O) groups is 1. The molecular formula is C15H14FNO2. The molecule has 0 aliphatic carbocycles. The first kappa shape index (κ1) is 13.2. The number of hydrogen-bond donors (Lipinski definition) is 0. The predicted octanol–water partition coefficient (Wildman–Crippen LogP) is 3.24. The Hall–Kier alpha value is -2.23. The van der Waals surface area contributed by atoms with Crippen molar-refractivity contribution in [1.82, 2.24) is 4.98 Å². The first-order chi connectivity index (χ1) is 9.06. The fourth-order valence-electron chi connectivity index (χ4n) is 1.64. The highest BCUT2D eigenvalue weighted by molar-refractivity contribution is 6.07. The van der Waals surface area contributed by atoms with Crippen molar-refractivity contribution in [3.63, 3.8) is 0 Å². The number of rotatable bonds is 4. The third kappa shape index (κ3) is 3.37. The van der Waals surface area contributed by atoms with Crippen LogP contribution in [0.25, 0.3) is 0 Å². The Bertz CT molecular complexity index is 579. The van der Waals surface area contributed by atoms with Gasteiger partial charge >= 0.3 is 0 Å². The third-order valence-electron chi connectivity index (χ3n) is 2.43. The van der Waals surface area contributed by atoms with Crippen LogP contribution in [0.1, 0.15) is 29.9 Å². The summed E-state index contributed by atoms with van der Waals surface area (Å²) in [6.45, 7) is 3.83. The summed E-state index contributed by atoms with van der Waals surface area (Å²) in [6, 6.07) is 9.46. The molecule has 0 amide bonds. The summed E-state index contributed by atoms with van der Waals surface area (Å²) < 4.78 is 18.3. The van der Waals surface area contributed by atoms with E-state index in [0.717, 1.165) is 6.20 Å². The molecule has 0 bridgehead atoms. The van der Waals surface area contributed by atoms with Gasteiger partial charge in [0.2, 0.25) is 5.78 Å². The molecule has 0 fully saturated rings. The molecule has 0 aliphatic rings. The monoisotopic (exact) mass is 259 g/mol. The van der Waals surface area contributed by atoms with Crippen molar-refractivity contribution < 1.29 is 13.9 Å². The lowest BCUT2D eigenvalue weighted by molar-refractivity contribution is 0.103. The maximum Gasteiger partial charge on any atom is 0.211 e. The summed E-state index contributed by atoms with van der Waals surface area (Å²) in [5.74, 6) is -0.0920. The molecule has 0 spiro atoms. The maximum absolute atomic E-state index is 12.8. The highest BCUT2D eigenvalue weighted by atomic mass is 19.1. The van der Waals surface area contributed by atoms with Gasteiger partial charge in [-0.25, -0.2) is 9.37 Å². The van der Waals surface area contributed by atoms with Gasteiger partial charge in [-0.3, -0.25) is 4.79 Å². The number of benzene rings is 1. The van der Waals surface area contributed by atoms with Crippen molar-refractivity contribution in [2.24, 2.45) is 0 Å². The number of hydrogen-bond acceptors (Lipinski definition) is 3. The molecular weight excluding hydrogens is 245 g/mol. The lowest BCUT2D eigenvalue weighted by Gasteiger charge is -2.10. The van der Waals surface area contributed by atoms with Gasteiger partial charge in [0.25, 0.3) is 0 Å². The minimum atomic E-state index is -0.464. The molecule has 0 N–H and O–H groups in total. The Morgan fingerprint density at radius 3 is 2.68 bits per heavy atom. The lowest BCUT2D eigenvalue weighted by Crippen LogP contribution is -2.08. The quantitative estimate of drug-likeness (QED) is 0.791. The van der Waals surface area contributed by atoms with Crippen LogP contribution in [0, 0.1) is 5.82 Å². The van der Waals surface area contributed by atoms with E-state index in [0.29, 0.717) is 11.3 Å². The van der Waals surface area contributed by atoms with Gasteiger partial charge in [0.05, 0.1) is 12.3 Å². The normalized spacial score (nSPS) is 10.5. The van der Waals surface area contributed by atoms with Crippen LogP contribution in [0.15, 0.2) is 42.6 Å². The maximum atomic E-state index is 12.8. The molecule has 1 aromatic carbocycles. The third-order valence-corrected chi connectivity index (χ3v) is 2.43. The van der Waals surface area contributed by atoms with Crippen molar-refractivity contribution >= 4 is 5.78 Å². The van der Waals surface area contributed by atoms with Crippen LogP contribution < -0.4 is 4.74 Å². The molecule has 2 rings (SSSR count). The van der Waals surface area contributed by atoms with Crippen LogP contribution in [0.2, 0.25) is 0 Å². The van der Waals surface area contributed by atoms with Gasteiger partial charge in [0.15, 0.2) is 0 Å². The topological polar surface area (TPSA) is 39.2 Å². The number of pyridine rings is 1. The van der Waals surface area contributed by atoms with Crippen molar-refractivity contribution in [2.75, 3.05) is 0 Å². The Balaban J connectivity index is 2.26. The largest absolute Gasteiger partial charge is 0.491 e. The summed E-state index contributed by atoms with van der Waals surface area (Å²) in [6.07, 6.45) is 1.07. The molecule has 1 heterocycles. The molecule has 98 valence electrons. The Kier molecular flexibility index (Phi) is 3.90. The van der Waals surface area contributed by atoms with Crippen LogP contribution in [-0.4, -0.2) is 16.9 Å². The molecule has 3 nitrogen and oxygen atoms in total. The van der Waals surface area contributed by atoms with Gasteiger partial charge in [0.1, 0.15) is 17.3 Å². The zero-order valence-electron chi connectivity index (χ0n) is 10.8. The summed E-state index contributed by atoms with van der Waals surface area (Å²) in [7, 11) is 0. The van der Waals surface area contributed by atoms with Crippen molar-refractivity contribution in [2.45, 2.75) is 20.0 Å². The van der Waals surface area contributed by atoms with E-state index < -0.39 is 5.82 Å². The second-order valence-corrected chi connectivity index (χ2v) is 4.39. The number of carbonyl (C=O) groups excluding carboxylic acids is 1. The first-order valence-corrected chi connectivity index (χ1v) is 5.99. The summed E-state index contributed by atoms with van der Waals surface area (Å²) in [5.41, 5.74) is 0.681. The van der Waals surface area contributed by atoms with Gasteiger partial charge in [-0.1, -0.05) is 12.1 Å². The predicted molar refractivity (Wildman–Crippen MR) is 69.8 cm³/mol. The van der Waals surface area contributed by atoms with Gasteiger partial charge in [-0.2, -0.15) is 0 Å². The summed E-state index contributed by atoms with van der Waals surface area (Å²) in [4.78, 5) is 15.9. The van der Waals surface area contributed by atoms with Gasteiger partial charge < -0.3 is 4.74 Å². The molecule has 1 aromatic heterocycles. The van der Waals surface area contributed by atoms with E-state index in [1.165, 1.54) is 12.1 Å². The average molecular weight is 259 g/mol. The minimum Gasteiger partial charge on any atom is -0.491 e. The summed E-state index contributed by atoms with van der Waals surface area (Å²) in [5, 5.41) is 0. The van der Waals surface area contributed by atoms with E-state index in [4.69, 9.17) is 4.74 Å². The first-order valence-electron chi connectivity index (χ1n) is 5.99. The van der Waals surface area contributed by atoms with Gasteiger partial charge in [-0.05, 0) is 38.1 Å². The molecule has 0 radical (unpaired) electrons. The highest BCUT2D eigenvalue weighted by Gasteiger charge is 2.11. The van der Waals surface area contributed by atoms with E-state index in [-0.39, 0.29) is 17.6 Å². The Morgan fingerprint density at radius 2 is 2.05 bits per heavy atom. The molecule has 2 aromatic rings. The number of nitrogens with zero attached hydrogens (tertiary/aromatic N) is 1. The van der Waals surface area contributed by atoms with E-state index in [2.05, 4.69) is 4.98 Å². The van der Waals surface area contributed by atoms with E-state index >= 15 is 0 Å². The zero-order valence-corrected chi connectivity index (χ0v) is 10.8. The molecule has 0 atom stereocenters. The smallest absolute Gasteiger partial charge is 0.211 e. The zero-order chi connectivity index (χ0) is 13.8. The van der Waals surface area contributed by atoms with Crippen molar-refractivity contribution in [3.8, 4) is 5.75 Å². The summed E-state index contributed by atoms with van der Waals surface area (Å²) >= 11 is 0. The number of ketones is 1. The van der Waals surface area contributed by atoms with E-state index in [1.807, 2.05) is 13.8 Å². The Morgan fingerprint density at radius 1 is 1.26 bits per heavy atom. The second kappa shape index (κ2) is 5.61. The van der Waals surface area contributed by atoms with Crippen LogP contribution >= 0.6 is 0 Å². The molecule has 0 unspecified atom stereocenters. The molecule has 0 saturated carbocycles. The fraction of sp³-hybridized carbons (Fsp3) is 0.200. The van der Waals surface area contributed by atoms with E-state index in [1.54, 1.807) is 24.3 Å². The number of halogens is 1.